The van der Waals surface area contributed by atoms with Crippen LogP contribution in [0.25, 0.3) is 0 Å². The third kappa shape index (κ3) is 2.05. The van der Waals surface area contributed by atoms with Crippen LogP contribution in [0.1, 0.15) is 36.7 Å². The zero-order chi connectivity index (χ0) is 11.7. The number of nitrogen functional groups attached to an aromatic ring is 1. The minimum atomic E-state index is -0.0291. The number of hydrogen-bond acceptors (Lipinski definition) is 2. The lowest BCUT2D eigenvalue weighted by Gasteiger charge is -2.31. The first-order chi connectivity index (χ1) is 7.58. The molecule has 1 atom stereocenters. The number of hydrogen-bond donors (Lipinski definition) is 2. The first-order valence-electron chi connectivity index (χ1n) is 5.80. The van der Waals surface area contributed by atoms with Crippen molar-refractivity contribution in [1.82, 2.24) is 9.88 Å². The van der Waals surface area contributed by atoms with Crippen LogP contribution in [0.4, 0.5) is 5.69 Å². The molecule has 1 saturated carbocycles. The molecule has 0 aromatic carbocycles. The van der Waals surface area contributed by atoms with Crippen LogP contribution < -0.4 is 11.1 Å². The molecule has 16 heavy (non-hydrogen) atoms. The highest BCUT2D eigenvalue weighted by molar-refractivity contribution is 5.93. The van der Waals surface area contributed by atoms with E-state index in [0.717, 1.165) is 0 Å². The normalized spacial score (nSPS) is 17.9. The molecule has 1 aromatic rings. The Kier molecular flexibility index (Phi) is 2.90. The molecule has 1 heterocycles. The number of nitrogens with zero attached hydrogens (tertiary/aromatic N) is 1. The van der Waals surface area contributed by atoms with Gasteiger partial charge in [-0.05, 0) is 31.7 Å². The smallest absolute Gasteiger partial charge is 0.268 e. The van der Waals surface area contributed by atoms with Crippen LogP contribution in [0.15, 0.2) is 12.3 Å². The third-order valence-electron chi connectivity index (χ3n) is 3.47. The topological polar surface area (TPSA) is 60.1 Å². The number of aryl methyl sites for hydroxylation is 1. The summed E-state index contributed by atoms with van der Waals surface area (Å²) in [7, 11) is 1.83. The van der Waals surface area contributed by atoms with Gasteiger partial charge < -0.3 is 15.6 Å². The lowest BCUT2D eigenvalue weighted by Crippen LogP contribution is -2.41. The van der Waals surface area contributed by atoms with Gasteiger partial charge in [-0.1, -0.05) is 6.42 Å². The van der Waals surface area contributed by atoms with Crippen molar-refractivity contribution < 1.29 is 4.79 Å². The van der Waals surface area contributed by atoms with Gasteiger partial charge in [0.15, 0.2) is 0 Å². The summed E-state index contributed by atoms with van der Waals surface area (Å²) in [5, 5.41) is 3.04. The van der Waals surface area contributed by atoms with Crippen LogP contribution in [0.2, 0.25) is 0 Å². The van der Waals surface area contributed by atoms with Crippen molar-refractivity contribution in [2.45, 2.75) is 32.2 Å². The number of anilines is 1. The molecule has 1 aromatic heterocycles. The second-order valence-corrected chi connectivity index (χ2v) is 4.72. The summed E-state index contributed by atoms with van der Waals surface area (Å²) in [6.45, 7) is 2.08. The van der Waals surface area contributed by atoms with E-state index >= 15 is 0 Å². The maximum Gasteiger partial charge on any atom is 0.268 e. The summed E-state index contributed by atoms with van der Waals surface area (Å²) in [6.07, 6.45) is 5.51. The summed E-state index contributed by atoms with van der Waals surface area (Å²) in [4.78, 5) is 11.9. The standard InChI is InChI=1S/C12H19N3O/c1-8(9-4-3-5-9)14-12(16)11-6-10(13)7-15(11)2/h6-9H,3-5,13H2,1-2H3,(H,14,16). The fraction of sp³-hybridized carbons (Fsp3) is 0.583. The number of carbonyl (C=O) groups is 1. The Hall–Kier alpha value is -1.45. The van der Waals surface area contributed by atoms with Gasteiger partial charge in [0.05, 0.1) is 5.69 Å². The molecule has 1 aliphatic carbocycles. The van der Waals surface area contributed by atoms with Crippen LogP contribution in [-0.4, -0.2) is 16.5 Å². The van der Waals surface area contributed by atoms with E-state index in [0.29, 0.717) is 17.3 Å². The molecular formula is C12H19N3O. The quantitative estimate of drug-likeness (QED) is 0.813. The van der Waals surface area contributed by atoms with Crippen LogP contribution in [0, 0.1) is 5.92 Å². The third-order valence-corrected chi connectivity index (χ3v) is 3.47. The highest BCUT2D eigenvalue weighted by Crippen LogP contribution is 2.29. The lowest BCUT2D eigenvalue weighted by molar-refractivity contribution is 0.0901. The Bertz CT molecular complexity index is 393. The van der Waals surface area contributed by atoms with E-state index in [4.69, 9.17) is 5.73 Å². The number of nitrogens with one attached hydrogen (secondary N) is 1. The van der Waals surface area contributed by atoms with Gasteiger partial charge in [-0.2, -0.15) is 0 Å². The number of amides is 1. The SMILES string of the molecule is CC(NC(=O)c1cc(N)cn1C)C1CCC1. The number of nitrogens with two attached hydrogens (primary N) is 1. The molecule has 1 unspecified atom stereocenters. The maximum absolute atomic E-state index is 11.9. The summed E-state index contributed by atoms with van der Waals surface area (Å²) in [5.74, 6) is 0.625. The second kappa shape index (κ2) is 4.20. The van der Waals surface area contributed by atoms with E-state index in [1.165, 1.54) is 19.3 Å². The fourth-order valence-corrected chi connectivity index (χ4v) is 2.15. The van der Waals surface area contributed by atoms with Gasteiger partial charge >= 0.3 is 0 Å². The molecule has 0 aliphatic heterocycles. The minimum absolute atomic E-state index is 0.0291. The van der Waals surface area contributed by atoms with E-state index in [-0.39, 0.29) is 11.9 Å². The van der Waals surface area contributed by atoms with E-state index in [1.54, 1.807) is 16.8 Å². The van der Waals surface area contributed by atoms with Crippen LogP contribution in [-0.2, 0) is 7.05 Å². The van der Waals surface area contributed by atoms with E-state index in [2.05, 4.69) is 12.2 Å². The highest BCUT2D eigenvalue weighted by atomic mass is 16.2. The minimum Gasteiger partial charge on any atom is -0.397 e. The summed E-state index contributed by atoms with van der Waals surface area (Å²) in [5.41, 5.74) is 6.90. The van der Waals surface area contributed by atoms with Crippen molar-refractivity contribution in [2.75, 3.05) is 5.73 Å². The van der Waals surface area contributed by atoms with Gasteiger partial charge in [-0.15, -0.1) is 0 Å². The number of aromatic nitrogens is 1. The van der Waals surface area contributed by atoms with Crippen molar-refractivity contribution in [1.29, 1.82) is 0 Å². The molecule has 0 spiro atoms. The first kappa shape index (κ1) is 11.0. The molecule has 1 amide bonds. The summed E-state index contributed by atoms with van der Waals surface area (Å²) >= 11 is 0. The van der Waals surface area contributed by atoms with Crippen molar-refractivity contribution >= 4 is 11.6 Å². The van der Waals surface area contributed by atoms with Gasteiger partial charge in [0.2, 0.25) is 0 Å². The van der Waals surface area contributed by atoms with Crippen LogP contribution in [0.5, 0.6) is 0 Å². The Morgan fingerprint density at radius 3 is 2.75 bits per heavy atom. The molecule has 1 fully saturated rings. The molecule has 4 nitrogen and oxygen atoms in total. The first-order valence-corrected chi connectivity index (χ1v) is 5.80. The van der Waals surface area contributed by atoms with Crippen LogP contribution in [0.3, 0.4) is 0 Å². The summed E-state index contributed by atoms with van der Waals surface area (Å²) < 4.78 is 1.76. The van der Waals surface area contributed by atoms with Crippen molar-refractivity contribution in [2.24, 2.45) is 13.0 Å². The molecule has 0 saturated heterocycles. The van der Waals surface area contributed by atoms with Crippen LogP contribution >= 0.6 is 0 Å². The number of rotatable bonds is 3. The van der Waals surface area contributed by atoms with Crippen molar-refractivity contribution in [3.8, 4) is 0 Å². The Morgan fingerprint density at radius 2 is 2.31 bits per heavy atom. The fourth-order valence-electron chi connectivity index (χ4n) is 2.15. The average molecular weight is 221 g/mol. The Labute approximate surface area is 95.8 Å². The monoisotopic (exact) mass is 221 g/mol. The molecule has 1 aliphatic rings. The average Bonchev–Trinajstić information content (AvgIpc) is 2.41. The zero-order valence-electron chi connectivity index (χ0n) is 9.86. The molecule has 0 radical (unpaired) electrons. The van der Waals surface area contributed by atoms with Crippen molar-refractivity contribution in [3.05, 3.63) is 18.0 Å². The molecule has 3 N–H and O–H groups in total. The van der Waals surface area contributed by atoms with Gasteiger partial charge in [-0.25, -0.2) is 0 Å². The molecule has 4 heteroatoms. The summed E-state index contributed by atoms with van der Waals surface area (Å²) in [6, 6.07) is 1.97. The van der Waals surface area contributed by atoms with E-state index < -0.39 is 0 Å². The Balaban J connectivity index is 1.99. The zero-order valence-corrected chi connectivity index (χ0v) is 9.86. The predicted molar refractivity (Wildman–Crippen MR) is 64.1 cm³/mol. The van der Waals surface area contributed by atoms with Gasteiger partial charge in [0.25, 0.3) is 5.91 Å². The largest absolute Gasteiger partial charge is 0.397 e. The molecule has 88 valence electrons. The Morgan fingerprint density at radius 1 is 1.62 bits per heavy atom. The predicted octanol–water partition coefficient (Wildman–Crippen LogP) is 1.53. The van der Waals surface area contributed by atoms with Gasteiger partial charge in [-0.3, -0.25) is 4.79 Å². The molecule has 2 rings (SSSR count). The maximum atomic E-state index is 11.9. The number of carbonyl (C=O) groups excluding carboxylic acids is 1. The van der Waals surface area contributed by atoms with E-state index in [1.807, 2.05) is 7.05 Å². The molecular weight excluding hydrogens is 202 g/mol. The van der Waals surface area contributed by atoms with Crippen molar-refractivity contribution in [3.63, 3.8) is 0 Å². The van der Waals surface area contributed by atoms with E-state index in [9.17, 15) is 4.79 Å². The second-order valence-electron chi connectivity index (χ2n) is 4.72. The lowest BCUT2D eigenvalue weighted by atomic mass is 9.80. The molecule has 0 bridgehead atoms. The highest BCUT2D eigenvalue weighted by Gasteiger charge is 2.25. The van der Waals surface area contributed by atoms with Gasteiger partial charge in [0, 0.05) is 19.3 Å². The van der Waals surface area contributed by atoms with Gasteiger partial charge in [0.1, 0.15) is 5.69 Å².